The van der Waals surface area contributed by atoms with Gasteiger partial charge >= 0.3 is 153 Å². The molecule has 0 rings (SSSR count). The molecule has 0 atom stereocenters. The van der Waals surface area contributed by atoms with E-state index in [1.165, 1.54) is 141 Å². The van der Waals surface area contributed by atoms with Crippen LogP contribution < -0.4 is 22.5 Å². The Kier molecular flexibility index (Phi) is 133. The first-order valence-electron chi connectivity index (χ1n) is 9.94. The van der Waals surface area contributed by atoms with Gasteiger partial charge in [0.2, 0.25) is 0 Å². The molecule has 0 aliphatic heterocycles. The van der Waals surface area contributed by atoms with Crippen molar-refractivity contribution < 1.29 is 83.9 Å². The van der Waals surface area contributed by atoms with Gasteiger partial charge in [0.05, 0.1) is 0 Å². The molecule has 0 aromatic rings. The van der Waals surface area contributed by atoms with Crippen LogP contribution in [0.25, 0.3) is 0 Å². The maximum atomic E-state index is 9.67. The molecule has 0 heterocycles. The summed E-state index contributed by atoms with van der Waals surface area (Å²) in [4.78, 5) is 59.1. The molecule has 0 saturated heterocycles. The zero-order chi connectivity index (χ0) is 26.4. The molecule has 0 bridgehead atoms. The molecule has 0 radical (unpaired) electrons. The van der Waals surface area contributed by atoms with E-state index in [1.807, 2.05) is 0 Å². The first kappa shape index (κ1) is 92.3. The van der Waals surface area contributed by atoms with Gasteiger partial charge < -0.3 is 109 Å². The van der Waals surface area contributed by atoms with Gasteiger partial charge in [-0.25, -0.2) is 0 Å². The summed E-state index contributed by atoms with van der Waals surface area (Å²) in [5.74, 6) is -0.336. The van der Waals surface area contributed by atoms with Crippen molar-refractivity contribution in [1.29, 1.82) is 5.41 Å². The van der Waals surface area contributed by atoms with Crippen LogP contribution >= 0.6 is 24.8 Å². The van der Waals surface area contributed by atoms with E-state index >= 15 is 0 Å². The summed E-state index contributed by atoms with van der Waals surface area (Å²) in [7, 11) is -9.64. The number of hydrogen-bond acceptors (Lipinski definition) is 11. The Labute approximate surface area is 391 Å². The van der Waals surface area contributed by atoms with E-state index in [4.69, 9.17) is 36.3 Å². The molecule has 26 heteroatoms. The van der Waals surface area contributed by atoms with Crippen LogP contribution in [-0.2, 0) is 55.1 Å². The fourth-order valence-electron chi connectivity index (χ4n) is 1.51. The Morgan fingerprint density at radius 3 is 1.29 bits per heavy atom. The van der Waals surface area contributed by atoms with E-state index in [0.717, 1.165) is 0 Å². The third-order valence-electron chi connectivity index (χ3n) is 2.81. The zero-order valence-electron chi connectivity index (χ0n) is 27.5. The zero-order valence-corrected chi connectivity index (χ0v) is 50.5. The van der Waals surface area contributed by atoms with Crippen molar-refractivity contribution in [1.82, 2.24) is 5.32 Å². The quantitative estimate of drug-likeness (QED) is 0.0309. The summed E-state index contributed by atoms with van der Waals surface area (Å²) in [5, 5.41) is 9.40. The van der Waals surface area contributed by atoms with Crippen molar-refractivity contribution in [3.05, 3.63) is 44.6 Å². The van der Waals surface area contributed by atoms with E-state index in [-0.39, 0.29) is 161 Å². The van der Waals surface area contributed by atoms with E-state index < -0.39 is 26.7 Å². The van der Waals surface area contributed by atoms with E-state index in [9.17, 15) is 19.2 Å². The van der Waals surface area contributed by atoms with Crippen molar-refractivity contribution in [2.24, 2.45) is 22.2 Å². The Morgan fingerprint density at radius 2 is 1.05 bits per heavy atom. The second-order valence-corrected chi connectivity index (χ2v) is 12.1. The fourth-order valence-corrected chi connectivity index (χ4v) is 5.84. The summed E-state index contributed by atoms with van der Waals surface area (Å²) >= 11 is 5.00. The van der Waals surface area contributed by atoms with Gasteiger partial charge in [-0.15, -0.1) is 24.8 Å². The Morgan fingerprint density at radius 1 is 0.738 bits per heavy atom. The van der Waals surface area contributed by atoms with Crippen LogP contribution in [0, 0.1) is 50.0 Å². The average molecular weight is 1150 g/mol. The number of nitrogens with one attached hydrogen (secondary N) is 2. The maximum Gasteiger partial charge on any atom is 0 e. The molecule has 0 fully saturated rings. The molecule has 0 saturated carbocycles. The molecule has 0 aromatic carbocycles. The Bertz CT molecular complexity index is 523. The van der Waals surface area contributed by atoms with Crippen molar-refractivity contribution in [3.63, 3.8) is 0 Å². The number of hydrogen-bond donors (Lipinski definition) is 11. The van der Waals surface area contributed by atoms with Gasteiger partial charge in [-0.3, -0.25) is 10.4 Å². The number of nitrogens with zero attached hydrogens (tertiary/aromatic N) is 1. The molecule has 0 aromatic heterocycles. The van der Waals surface area contributed by atoms with Crippen molar-refractivity contribution in [2.45, 2.75) is 24.9 Å². The third kappa shape index (κ3) is 81.4. The second kappa shape index (κ2) is 60.4. The number of halogens is 2. The smallest absolute Gasteiger partial charge is 0 e. The standard InChI is InChI=1S/C8H24N6O5Si2.C2H8O4Si.6CH3.2ClH.4K.2W/c9-7(10)13-3-1-5-20(15,16)19-21(17,18)6-2-4-14-8(11)12;1-5-7(3,4)6-2;;;;;;;;;;;;;;/h15-18H,1-6H2,(H4,9,10,13)(H4,11,12,14);3-4H,1-2H3;6*1H3;2*1H;;;;;;/q;;6*-1;;;;;;;;. The Hall–Kier alpha value is 7.33. The summed E-state index contributed by atoms with van der Waals surface area (Å²) in [6.07, 6.45) is 0.505. The van der Waals surface area contributed by atoms with Gasteiger partial charge in [0.15, 0.2) is 11.9 Å². The van der Waals surface area contributed by atoms with Crippen molar-refractivity contribution >= 4 is 190 Å². The van der Waals surface area contributed by atoms with Crippen LogP contribution in [0.15, 0.2) is 4.99 Å². The number of aliphatic imine (C=N–C) groups is 1. The number of guanidine groups is 2. The predicted octanol–water partition coefficient (Wildman–Crippen LogP) is -2.90. The van der Waals surface area contributed by atoms with Crippen LogP contribution in [0.3, 0.4) is 0 Å². The minimum absolute atomic E-state index is 0. The predicted molar refractivity (Wildman–Crippen MR) is 181 cm³/mol. The Balaban J connectivity index is -0.0000000274. The fraction of sp³-hybridized carbons (Fsp3) is 0.500. The molecule has 248 valence electrons. The summed E-state index contributed by atoms with van der Waals surface area (Å²) in [6.45, 7) is 0.444. The average Bonchev–Trinajstić information content (AvgIpc) is 2.71. The molecule has 14 N–H and O–H groups in total. The molecular formula is C16H52Cl2K4N6O9Si3W2-6. The first-order valence-corrected chi connectivity index (χ1v) is 47.7. The third-order valence-corrected chi connectivity index (χ3v) is 8.50. The van der Waals surface area contributed by atoms with E-state index in [0.29, 0.717) is 0 Å². The van der Waals surface area contributed by atoms with Gasteiger partial charge in [0, 0.05) is 81.5 Å². The van der Waals surface area contributed by atoms with Crippen LogP contribution in [0.1, 0.15) is 12.8 Å². The second-order valence-electron chi connectivity index (χ2n) is 5.40. The van der Waals surface area contributed by atoms with E-state index in [2.05, 4.69) is 19.2 Å². The van der Waals surface area contributed by atoms with Crippen LogP contribution in [0.2, 0.25) is 12.1 Å². The van der Waals surface area contributed by atoms with E-state index in [1.54, 1.807) is 0 Å². The summed E-state index contributed by atoms with van der Waals surface area (Å²) in [5.41, 5.74) is 15.3. The molecule has 15 nitrogen and oxygen atoms in total. The molecule has 42 heavy (non-hydrogen) atoms. The van der Waals surface area contributed by atoms with Crippen molar-refractivity contribution in [3.8, 4) is 0 Å². The van der Waals surface area contributed by atoms with Crippen LogP contribution in [0.5, 0.6) is 0 Å². The van der Waals surface area contributed by atoms with Gasteiger partial charge in [-0.2, -0.15) is 0 Å². The monoisotopic (exact) mass is 1150 g/mol. The van der Waals surface area contributed by atoms with Crippen LogP contribution in [-0.4, -0.2) is 221 Å². The van der Waals surface area contributed by atoms with Gasteiger partial charge in [0.25, 0.3) is 0 Å². The summed E-state index contributed by atoms with van der Waals surface area (Å²) in [6, 6.07) is -0.289. The normalized spacial score (nSPS) is 8.38. The number of rotatable bonds is 12. The maximum absolute atomic E-state index is 9.67. The van der Waals surface area contributed by atoms with Crippen LogP contribution in [0.4, 0.5) is 0 Å². The SMILES string of the molecule is CO[Si](O)(O)OC.Cl.Cl.N=C(N)NCCC[Si](O)(O)O[Si](O)(O)CCCN=C(N)N.[CH3-].[CH3-].[CH3-].[CH3-].[CH3-].[CH3-].[K][K].[K][K].[W].[W]. The molecule has 0 amide bonds. The van der Waals surface area contributed by atoms with Gasteiger partial charge in [0.1, 0.15) is 0 Å². The largest absolute Gasteiger partial charge is 0 e. The molecule has 0 spiro atoms. The first-order chi connectivity index (χ1) is 14.7. The minimum Gasteiger partial charge on any atom is 0 e. The van der Waals surface area contributed by atoms with Gasteiger partial charge in [-0.1, -0.05) is 0 Å². The summed E-state index contributed by atoms with van der Waals surface area (Å²) < 4.78 is 12.9. The molecule has 0 aliphatic rings. The number of nitrogens with two attached hydrogens (primary N) is 3. The molecular weight excluding hydrogens is 1100 g/mol. The minimum atomic E-state index is -4.17. The molecule has 0 aliphatic carbocycles. The molecule has 0 unspecified atom stereocenters. The topological polar surface area (TPSA) is 275 Å². The van der Waals surface area contributed by atoms with Crippen molar-refractivity contribution in [2.75, 3.05) is 27.3 Å². The van der Waals surface area contributed by atoms with Gasteiger partial charge in [-0.05, 0) is 12.8 Å².